The Labute approximate surface area is 231 Å². The van der Waals surface area contributed by atoms with E-state index in [1.54, 1.807) is 30.3 Å². The van der Waals surface area contributed by atoms with Gasteiger partial charge in [0.1, 0.15) is 11.6 Å². The number of alkyl halides is 3. The summed E-state index contributed by atoms with van der Waals surface area (Å²) in [4.78, 5) is 15.1. The lowest BCUT2D eigenvalue weighted by Gasteiger charge is -2.22. The summed E-state index contributed by atoms with van der Waals surface area (Å²) in [7, 11) is 0. The van der Waals surface area contributed by atoms with Crippen molar-refractivity contribution in [1.29, 1.82) is 0 Å². The van der Waals surface area contributed by atoms with Gasteiger partial charge in [-0.15, -0.1) is 0 Å². The summed E-state index contributed by atoms with van der Waals surface area (Å²) in [6.45, 7) is 2.04. The summed E-state index contributed by atoms with van der Waals surface area (Å²) >= 11 is 0. The molecule has 3 aromatic rings. The largest absolute Gasteiger partial charge is 0.416 e. The van der Waals surface area contributed by atoms with Gasteiger partial charge in [0.25, 0.3) is 0 Å². The van der Waals surface area contributed by atoms with Crippen LogP contribution in [0.5, 0.6) is 0 Å². The van der Waals surface area contributed by atoms with Crippen molar-refractivity contribution in [3.8, 4) is 0 Å². The van der Waals surface area contributed by atoms with Crippen LogP contribution in [0.1, 0.15) is 60.3 Å². The van der Waals surface area contributed by atoms with Crippen LogP contribution >= 0.6 is 0 Å². The van der Waals surface area contributed by atoms with Crippen molar-refractivity contribution >= 4 is 5.91 Å². The van der Waals surface area contributed by atoms with E-state index in [2.05, 4.69) is 10.2 Å². The van der Waals surface area contributed by atoms with Crippen molar-refractivity contribution in [2.45, 2.75) is 56.8 Å². The fourth-order valence-corrected chi connectivity index (χ4v) is 6.43. The molecule has 3 atom stereocenters. The van der Waals surface area contributed by atoms with Gasteiger partial charge in [-0.1, -0.05) is 42.5 Å². The zero-order valence-electron chi connectivity index (χ0n) is 22.1. The Kier molecular flexibility index (Phi) is 8.54. The molecule has 8 heteroatoms. The summed E-state index contributed by atoms with van der Waals surface area (Å²) < 4.78 is 66.3. The zero-order chi connectivity index (χ0) is 28.3. The van der Waals surface area contributed by atoms with Gasteiger partial charge in [-0.2, -0.15) is 13.2 Å². The minimum absolute atomic E-state index is 0.0149. The van der Waals surface area contributed by atoms with Gasteiger partial charge in [0, 0.05) is 38.0 Å². The van der Waals surface area contributed by atoms with Gasteiger partial charge in [-0.05, 0) is 84.5 Å². The lowest BCUT2D eigenvalue weighted by atomic mass is 9.87. The maximum absolute atomic E-state index is 13.5. The van der Waals surface area contributed by atoms with Gasteiger partial charge >= 0.3 is 6.18 Å². The number of hydrogen-bond acceptors (Lipinski definition) is 2. The van der Waals surface area contributed by atoms with E-state index in [1.807, 2.05) is 0 Å². The van der Waals surface area contributed by atoms with Crippen molar-refractivity contribution < 1.29 is 26.7 Å². The van der Waals surface area contributed by atoms with Gasteiger partial charge in [0.15, 0.2) is 0 Å². The van der Waals surface area contributed by atoms with E-state index in [-0.39, 0.29) is 29.5 Å². The minimum atomic E-state index is -4.36. The van der Waals surface area contributed by atoms with Crippen LogP contribution < -0.4 is 5.32 Å². The molecule has 1 heterocycles. The second-order valence-corrected chi connectivity index (χ2v) is 11.1. The first-order valence-electron chi connectivity index (χ1n) is 13.8. The van der Waals surface area contributed by atoms with Gasteiger partial charge < -0.3 is 5.32 Å². The minimum Gasteiger partial charge on any atom is -0.353 e. The molecule has 5 rings (SSSR count). The molecule has 0 spiro atoms. The quantitative estimate of drug-likeness (QED) is 0.280. The molecule has 1 saturated heterocycles. The molecule has 0 unspecified atom stereocenters. The van der Waals surface area contributed by atoms with Crippen LogP contribution in [0, 0.1) is 23.5 Å². The monoisotopic (exact) mass is 556 g/mol. The highest BCUT2D eigenvalue weighted by molar-refractivity contribution is 5.76. The van der Waals surface area contributed by atoms with Gasteiger partial charge in [-0.3, -0.25) is 9.69 Å². The Morgan fingerprint density at radius 2 is 1.55 bits per heavy atom. The molecule has 3 aromatic carbocycles. The first-order chi connectivity index (χ1) is 19.2. The van der Waals surface area contributed by atoms with Crippen molar-refractivity contribution in [3.05, 3.63) is 107 Å². The number of carbonyl (C=O) groups is 1. The van der Waals surface area contributed by atoms with E-state index < -0.39 is 11.7 Å². The molecule has 3 nitrogen and oxygen atoms in total. The first-order valence-corrected chi connectivity index (χ1v) is 13.8. The smallest absolute Gasteiger partial charge is 0.353 e. The normalized spacial score (nSPS) is 21.1. The molecule has 1 aliphatic heterocycles. The maximum atomic E-state index is 13.5. The SMILES string of the molecule is O=C(CCCC(c1ccc(F)cc1)c1ccc(F)cc1)N[C@H]1CC[C@@H]2CN(Cc3cccc(C(F)(F)F)c3)C[C@H]21. The van der Waals surface area contributed by atoms with Crippen LogP contribution in [-0.2, 0) is 17.5 Å². The maximum Gasteiger partial charge on any atom is 0.416 e. The third-order valence-corrected chi connectivity index (χ3v) is 8.38. The standard InChI is InChI=1S/C32H33F5N2O/c33-26-12-7-22(8-13-26)28(23-9-14-27(34)15-10-23)5-2-6-31(40)38-30-16-11-24-19-39(20-29(24)30)18-21-3-1-4-25(17-21)32(35,36)37/h1,3-4,7-10,12-15,17,24,28-30H,2,5-6,11,16,18-20H2,(H,38,40)/t24-,29-,30+/m1/s1. The summed E-state index contributed by atoms with van der Waals surface area (Å²) in [6.07, 6.45) is -0.830. The lowest BCUT2D eigenvalue weighted by Crippen LogP contribution is -2.39. The topological polar surface area (TPSA) is 32.3 Å². The second kappa shape index (κ2) is 12.1. The summed E-state index contributed by atoms with van der Waals surface area (Å²) in [5.41, 5.74) is 1.85. The number of likely N-dealkylation sites (tertiary alicyclic amines) is 1. The number of amides is 1. The van der Waals surface area contributed by atoms with Crippen molar-refractivity contribution in [3.63, 3.8) is 0 Å². The van der Waals surface area contributed by atoms with E-state index >= 15 is 0 Å². The van der Waals surface area contributed by atoms with E-state index in [0.717, 1.165) is 43.1 Å². The molecule has 212 valence electrons. The summed E-state index contributed by atoms with van der Waals surface area (Å²) in [5, 5.41) is 3.22. The van der Waals surface area contributed by atoms with Gasteiger partial charge in [0.2, 0.25) is 5.91 Å². The lowest BCUT2D eigenvalue weighted by molar-refractivity contribution is -0.137. The molecule has 2 aliphatic rings. The third-order valence-electron chi connectivity index (χ3n) is 8.38. The van der Waals surface area contributed by atoms with Gasteiger partial charge in [0.05, 0.1) is 5.56 Å². The number of fused-ring (bicyclic) bond motifs is 1. The molecule has 0 aromatic heterocycles. The highest BCUT2D eigenvalue weighted by Gasteiger charge is 2.43. The number of benzene rings is 3. The van der Waals surface area contributed by atoms with Crippen LogP contribution in [0.2, 0.25) is 0 Å². The number of nitrogens with zero attached hydrogens (tertiary/aromatic N) is 1. The molecule has 1 N–H and O–H groups in total. The fourth-order valence-electron chi connectivity index (χ4n) is 6.43. The first kappa shape index (κ1) is 28.3. The highest BCUT2D eigenvalue weighted by Crippen LogP contribution is 2.39. The molecule has 1 aliphatic carbocycles. The predicted molar refractivity (Wildman–Crippen MR) is 143 cm³/mol. The number of halogens is 5. The number of carbonyl (C=O) groups excluding carboxylic acids is 1. The Morgan fingerprint density at radius 3 is 2.17 bits per heavy atom. The van der Waals surface area contributed by atoms with Crippen LogP contribution in [0.4, 0.5) is 22.0 Å². The van der Waals surface area contributed by atoms with Crippen LogP contribution in [-0.4, -0.2) is 29.9 Å². The number of rotatable bonds is 9. The molecule has 1 amide bonds. The van der Waals surface area contributed by atoms with Crippen LogP contribution in [0.3, 0.4) is 0 Å². The van der Waals surface area contributed by atoms with Crippen LogP contribution in [0.25, 0.3) is 0 Å². The molecule has 1 saturated carbocycles. The average Bonchev–Trinajstić information content (AvgIpc) is 3.48. The number of hydrogen-bond donors (Lipinski definition) is 1. The molecule has 2 fully saturated rings. The second-order valence-electron chi connectivity index (χ2n) is 11.1. The number of nitrogens with one attached hydrogen (secondary N) is 1. The molecule has 40 heavy (non-hydrogen) atoms. The summed E-state index contributed by atoms with van der Waals surface area (Å²) in [6, 6.07) is 18.1. The molecular weight excluding hydrogens is 523 g/mol. The predicted octanol–water partition coefficient (Wildman–Crippen LogP) is 7.31. The van der Waals surface area contributed by atoms with E-state index in [9.17, 15) is 26.7 Å². The Balaban J connectivity index is 1.14. The Bertz CT molecular complexity index is 1250. The van der Waals surface area contributed by atoms with Crippen LogP contribution in [0.15, 0.2) is 72.8 Å². The van der Waals surface area contributed by atoms with Crippen molar-refractivity contribution in [2.24, 2.45) is 11.8 Å². The molecular formula is C32H33F5N2O. The van der Waals surface area contributed by atoms with Crippen molar-refractivity contribution in [1.82, 2.24) is 10.2 Å². The van der Waals surface area contributed by atoms with Crippen molar-refractivity contribution in [2.75, 3.05) is 13.1 Å². The van der Waals surface area contributed by atoms with E-state index in [4.69, 9.17) is 0 Å². The van der Waals surface area contributed by atoms with E-state index in [1.165, 1.54) is 36.4 Å². The Hall–Kier alpha value is -3.26. The highest BCUT2D eigenvalue weighted by atomic mass is 19.4. The zero-order valence-corrected chi connectivity index (χ0v) is 22.1. The fraction of sp³-hybridized carbons (Fsp3) is 0.406. The van der Waals surface area contributed by atoms with E-state index in [0.29, 0.717) is 43.2 Å². The average molecular weight is 557 g/mol. The molecule has 0 radical (unpaired) electrons. The summed E-state index contributed by atoms with van der Waals surface area (Å²) in [5.74, 6) is -0.0197. The van der Waals surface area contributed by atoms with Gasteiger partial charge in [-0.25, -0.2) is 8.78 Å². The molecule has 0 bridgehead atoms. The Morgan fingerprint density at radius 1 is 0.900 bits per heavy atom. The third kappa shape index (κ3) is 6.89.